The van der Waals surface area contributed by atoms with Crippen LogP contribution in [0.4, 0.5) is 0 Å². The third-order valence-corrected chi connectivity index (χ3v) is 4.15. The Kier molecular flexibility index (Phi) is 4.42. The molecule has 104 valence electrons. The molecule has 0 spiro atoms. The van der Waals surface area contributed by atoms with Crippen molar-refractivity contribution in [1.29, 1.82) is 0 Å². The highest BCUT2D eigenvalue weighted by atomic mass is 32.2. The van der Waals surface area contributed by atoms with Gasteiger partial charge in [0.05, 0.1) is 6.20 Å². The van der Waals surface area contributed by atoms with Gasteiger partial charge in [-0.05, 0) is 26.2 Å². The molecule has 1 aliphatic carbocycles. The molecular weight excluding hydrogens is 262 g/mol. The molecule has 1 aromatic rings. The lowest BCUT2D eigenvalue weighted by Gasteiger charge is -2.29. The van der Waals surface area contributed by atoms with Gasteiger partial charge in [0, 0.05) is 23.7 Å². The highest BCUT2D eigenvalue weighted by molar-refractivity contribution is 7.99. The van der Waals surface area contributed by atoms with Crippen molar-refractivity contribution in [3.63, 3.8) is 0 Å². The molecule has 2 atom stereocenters. The molecule has 5 nitrogen and oxygen atoms in total. The predicted octanol–water partition coefficient (Wildman–Crippen LogP) is 1.94. The normalized spacial score (nSPS) is 19.7. The Balaban J connectivity index is 1.94. The van der Waals surface area contributed by atoms with E-state index in [9.17, 15) is 9.90 Å². The first-order valence-electron chi connectivity index (χ1n) is 6.43. The van der Waals surface area contributed by atoms with E-state index in [1.54, 1.807) is 37.3 Å². The van der Waals surface area contributed by atoms with Crippen molar-refractivity contribution in [1.82, 2.24) is 15.3 Å². The molecule has 0 aliphatic heterocycles. The largest absolute Gasteiger partial charge is 0.480 e. The van der Waals surface area contributed by atoms with Gasteiger partial charge in [0.15, 0.2) is 0 Å². The SMILES string of the molecule is CC(CC(C)(NC1CC1)C(=O)O)Sc1cnccn1. The molecular formula is C13H19N3O2S. The summed E-state index contributed by atoms with van der Waals surface area (Å²) in [6, 6.07) is 0.370. The molecule has 0 radical (unpaired) electrons. The zero-order chi connectivity index (χ0) is 13.9. The summed E-state index contributed by atoms with van der Waals surface area (Å²) in [4.78, 5) is 19.7. The number of carboxylic acid groups (broad SMARTS) is 1. The van der Waals surface area contributed by atoms with Gasteiger partial charge in [0.1, 0.15) is 10.6 Å². The van der Waals surface area contributed by atoms with Crippen LogP contribution in [-0.4, -0.2) is 37.9 Å². The Bertz CT molecular complexity index is 439. The number of thioether (sulfide) groups is 1. The summed E-state index contributed by atoms with van der Waals surface area (Å²) >= 11 is 1.56. The first kappa shape index (κ1) is 14.3. The zero-order valence-corrected chi connectivity index (χ0v) is 12.0. The van der Waals surface area contributed by atoms with Crippen molar-refractivity contribution in [3.05, 3.63) is 18.6 Å². The van der Waals surface area contributed by atoms with Crippen molar-refractivity contribution >= 4 is 17.7 Å². The van der Waals surface area contributed by atoms with Crippen LogP contribution in [0.5, 0.6) is 0 Å². The van der Waals surface area contributed by atoms with E-state index in [0.29, 0.717) is 12.5 Å². The van der Waals surface area contributed by atoms with E-state index in [4.69, 9.17) is 0 Å². The van der Waals surface area contributed by atoms with E-state index in [1.807, 2.05) is 6.92 Å². The maximum absolute atomic E-state index is 11.5. The highest BCUT2D eigenvalue weighted by Crippen LogP contribution is 2.30. The summed E-state index contributed by atoms with van der Waals surface area (Å²) in [6.07, 6.45) is 7.69. The van der Waals surface area contributed by atoms with Gasteiger partial charge < -0.3 is 5.11 Å². The quantitative estimate of drug-likeness (QED) is 0.744. The highest BCUT2D eigenvalue weighted by Gasteiger charge is 2.39. The van der Waals surface area contributed by atoms with Gasteiger partial charge >= 0.3 is 5.97 Å². The molecule has 1 saturated carbocycles. The molecule has 0 bridgehead atoms. The molecule has 1 aromatic heterocycles. The number of aromatic nitrogens is 2. The zero-order valence-electron chi connectivity index (χ0n) is 11.2. The Hall–Kier alpha value is -1.14. The summed E-state index contributed by atoms with van der Waals surface area (Å²) in [5.41, 5.74) is -0.865. The van der Waals surface area contributed by atoms with E-state index in [0.717, 1.165) is 17.9 Å². The van der Waals surface area contributed by atoms with E-state index < -0.39 is 11.5 Å². The lowest BCUT2D eigenvalue weighted by atomic mass is 9.96. The fourth-order valence-electron chi connectivity index (χ4n) is 2.06. The number of carboxylic acids is 1. The summed E-state index contributed by atoms with van der Waals surface area (Å²) in [6.45, 7) is 3.79. The van der Waals surface area contributed by atoms with Crippen molar-refractivity contribution in [2.24, 2.45) is 0 Å². The third kappa shape index (κ3) is 4.18. The smallest absolute Gasteiger partial charge is 0.323 e. The topological polar surface area (TPSA) is 75.1 Å². The Morgan fingerprint density at radius 2 is 2.37 bits per heavy atom. The molecule has 2 unspecified atom stereocenters. The molecule has 0 saturated heterocycles. The second-order valence-corrected chi connectivity index (χ2v) is 6.69. The lowest BCUT2D eigenvalue weighted by molar-refractivity contribution is -0.144. The number of carbonyl (C=O) groups is 1. The molecule has 1 aliphatic rings. The van der Waals surface area contributed by atoms with Gasteiger partial charge in [-0.1, -0.05) is 6.92 Å². The van der Waals surface area contributed by atoms with Crippen LogP contribution in [0.25, 0.3) is 0 Å². The Labute approximate surface area is 117 Å². The average Bonchev–Trinajstić information content (AvgIpc) is 3.13. The van der Waals surface area contributed by atoms with Crippen LogP contribution >= 0.6 is 11.8 Å². The number of nitrogens with zero attached hydrogens (tertiary/aromatic N) is 2. The van der Waals surface area contributed by atoms with Gasteiger partial charge in [0.2, 0.25) is 0 Å². The Morgan fingerprint density at radius 1 is 1.63 bits per heavy atom. The maximum atomic E-state index is 11.5. The molecule has 1 heterocycles. The van der Waals surface area contributed by atoms with E-state index >= 15 is 0 Å². The monoisotopic (exact) mass is 281 g/mol. The Morgan fingerprint density at radius 3 is 2.89 bits per heavy atom. The van der Waals surface area contributed by atoms with Crippen LogP contribution in [0.15, 0.2) is 23.6 Å². The summed E-state index contributed by atoms with van der Waals surface area (Å²) in [7, 11) is 0. The first-order valence-corrected chi connectivity index (χ1v) is 7.31. The second kappa shape index (κ2) is 5.88. The van der Waals surface area contributed by atoms with Crippen molar-refractivity contribution in [3.8, 4) is 0 Å². The molecule has 19 heavy (non-hydrogen) atoms. The third-order valence-electron chi connectivity index (χ3n) is 3.13. The molecule has 2 rings (SSSR count). The van der Waals surface area contributed by atoms with E-state index in [-0.39, 0.29) is 5.25 Å². The minimum Gasteiger partial charge on any atom is -0.480 e. The number of hydrogen-bond acceptors (Lipinski definition) is 5. The number of rotatable bonds is 7. The van der Waals surface area contributed by atoms with Gasteiger partial charge in [-0.3, -0.25) is 15.1 Å². The van der Waals surface area contributed by atoms with Crippen molar-refractivity contribution in [2.45, 2.75) is 55.0 Å². The molecule has 2 N–H and O–H groups in total. The summed E-state index contributed by atoms with van der Waals surface area (Å²) in [5, 5.41) is 13.6. The van der Waals surface area contributed by atoms with Gasteiger partial charge in [-0.25, -0.2) is 4.98 Å². The molecule has 0 aromatic carbocycles. The molecule has 1 fully saturated rings. The predicted molar refractivity (Wildman–Crippen MR) is 74.2 cm³/mol. The van der Waals surface area contributed by atoms with Crippen LogP contribution in [0.3, 0.4) is 0 Å². The minimum atomic E-state index is -0.865. The minimum absolute atomic E-state index is 0.157. The number of hydrogen-bond donors (Lipinski definition) is 2. The lowest BCUT2D eigenvalue weighted by Crippen LogP contribution is -2.51. The van der Waals surface area contributed by atoms with Crippen molar-refractivity contribution < 1.29 is 9.90 Å². The fraction of sp³-hybridized carbons (Fsp3) is 0.615. The van der Waals surface area contributed by atoms with Crippen molar-refractivity contribution in [2.75, 3.05) is 0 Å². The van der Waals surface area contributed by atoms with Crippen LogP contribution in [-0.2, 0) is 4.79 Å². The van der Waals surface area contributed by atoms with E-state index in [2.05, 4.69) is 15.3 Å². The summed E-state index contributed by atoms with van der Waals surface area (Å²) in [5.74, 6) is -0.786. The number of nitrogens with one attached hydrogen (secondary N) is 1. The van der Waals surface area contributed by atoms with Gasteiger partial charge in [-0.2, -0.15) is 0 Å². The fourth-order valence-corrected chi connectivity index (χ4v) is 3.13. The second-order valence-electron chi connectivity index (χ2n) is 5.23. The van der Waals surface area contributed by atoms with E-state index in [1.165, 1.54) is 0 Å². The van der Waals surface area contributed by atoms with Crippen LogP contribution in [0, 0.1) is 0 Å². The van der Waals surface area contributed by atoms with Crippen LogP contribution in [0.2, 0.25) is 0 Å². The van der Waals surface area contributed by atoms with Gasteiger partial charge in [0.25, 0.3) is 0 Å². The molecule has 6 heteroatoms. The first-order chi connectivity index (χ1) is 8.99. The van der Waals surface area contributed by atoms with Crippen LogP contribution in [0.1, 0.15) is 33.1 Å². The molecule has 0 amide bonds. The average molecular weight is 281 g/mol. The standard InChI is InChI=1S/C13H19N3O2S/c1-9(19-11-8-14-5-6-15-11)7-13(2,12(17)18)16-10-3-4-10/h5-6,8-10,16H,3-4,7H2,1-2H3,(H,17,18). The van der Waals surface area contributed by atoms with Gasteiger partial charge in [-0.15, -0.1) is 11.8 Å². The summed E-state index contributed by atoms with van der Waals surface area (Å²) < 4.78 is 0. The number of aliphatic carboxylic acids is 1. The van der Waals surface area contributed by atoms with Crippen LogP contribution < -0.4 is 5.32 Å². The maximum Gasteiger partial charge on any atom is 0.323 e.